The fraction of sp³-hybridized carbons (Fsp3) is 0.300. The highest BCUT2D eigenvalue weighted by atomic mass is 15.2. The number of hydrogen-bond acceptors (Lipinski definition) is 4. The van der Waals surface area contributed by atoms with Crippen LogP contribution in [0.15, 0.2) is 120 Å². The van der Waals surface area contributed by atoms with Gasteiger partial charge < -0.3 is 20.4 Å². The first-order valence-electron chi connectivity index (χ1n) is 16.4. The molecular weight excluding hydrogens is 536 g/mol. The van der Waals surface area contributed by atoms with Crippen molar-refractivity contribution in [2.75, 3.05) is 33.5 Å². The SMILES string of the molecule is CCCCNc1ccc(N(C2=CC=C(C)CC2)c2ccc(N(c3ccc(C)cc3)c3ccc(NCCCC)cc3)cc2)cc1. The summed E-state index contributed by atoms with van der Waals surface area (Å²) < 4.78 is 0. The van der Waals surface area contributed by atoms with E-state index in [1.807, 2.05) is 0 Å². The summed E-state index contributed by atoms with van der Waals surface area (Å²) in [5.74, 6) is 0. The lowest BCUT2D eigenvalue weighted by atomic mass is 10.0. The summed E-state index contributed by atoms with van der Waals surface area (Å²) in [5, 5.41) is 7.10. The molecule has 4 nitrogen and oxygen atoms in total. The second kappa shape index (κ2) is 15.3. The molecule has 0 fully saturated rings. The third-order valence-electron chi connectivity index (χ3n) is 8.25. The number of nitrogens with one attached hydrogen (secondary N) is 2. The summed E-state index contributed by atoms with van der Waals surface area (Å²) >= 11 is 0. The third-order valence-corrected chi connectivity index (χ3v) is 8.25. The molecule has 1 aliphatic rings. The number of unbranched alkanes of at least 4 members (excludes halogenated alkanes) is 2. The van der Waals surface area contributed by atoms with Crippen LogP contribution in [-0.2, 0) is 0 Å². The molecule has 4 aromatic carbocycles. The Morgan fingerprint density at radius 3 is 1.32 bits per heavy atom. The van der Waals surface area contributed by atoms with Gasteiger partial charge in [-0.25, -0.2) is 0 Å². The second-order valence-electron chi connectivity index (χ2n) is 11.8. The van der Waals surface area contributed by atoms with E-state index < -0.39 is 0 Å². The van der Waals surface area contributed by atoms with Gasteiger partial charge in [0.1, 0.15) is 0 Å². The van der Waals surface area contributed by atoms with Gasteiger partial charge in [0.05, 0.1) is 0 Å². The average molecular weight is 585 g/mol. The Labute approximate surface area is 265 Å². The van der Waals surface area contributed by atoms with Crippen LogP contribution in [0.2, 0.25) is 0 Å². The number of hydrogen-bond donors (Lipinski definition) is 2. The highest BCUT2D eigenvalue weighted by Gasteiger charge is 2.18. The molecule has 0 aromatic heterocycles. The van der Waals surface area contributed by atoms with Crippen molar-refractivity contribution in [1.82, 2.24) is 0 Å². The maximum absolute atomic E-state index is 3.56. The fourth-order valence-corrected chi connectivity index (χ4v) is 5.56. The average Bonchev–Trinajstić information content (AvgIpc) is 3.05. The van der Waals surface area contributed by atoms with Crippen LogP contribution in [0.1, 0.15) is 64.9 Å². The van der Waals surface area contributed by atoms with E-state index in [0.29, 0.717) is 0 Å². The largest absolute Gasteiger partial charge is 0.385 e. The van der Waals surface area contributed by atoms with Crippen molar-refractivity contribution in [3.63, 3.8) is 0 Å². The summed E-state index contributed by atoms with van der Waals surface area (Å²) in [6, 6.07) is 35.5. The smallest absolute Gasteiger partial charge is 0.0463 e. The normalized spacial score (nSPS) is 12.7. The predicted octanol–water partition coefficient (Wildman–Crippen LogP) is 11.7. The highest BCUT2D eigenvalue weighted by molar-refractivity contribution is 5.79. The number of aryl methyl sites for hydroxylation is 1. The van der Waals surface area contributed by atoms with Gasteiger partial charge in [0.25, 0.3) is 0 Å². The summed E-state index contributed by atoms with van der Waals surface area (Å²) in [5.41, 5.74) is 12.1. The van der Waals surface area contributed by atoms with Crippen molar-refractivity contribution < 1.29 is 0 Å². The first-order valence-corrected chi connectivity index (χ1v) is 16.4. The Morgan fingerprint density at radius 1 is 0.500 bits per heavy atom. The standard InChI is InChI=1S/C40H48N4/c1-5-7-29-41-33-13-21-37(22-14-33)43(35-17-9-31(3)10-18-35)39-25-27-40(28-26-39)44(36-19-11-32(4)12-20-36)38-23-15-34(16-24-38)42-30-8-6-2/h9-11,13-19,21-28,41-42H,5-8,12,20,29-30H2,1-4H3. The lowest BCUT2D eigenvalue weighted by Crippen LogP contribution is -2.18. The van der Waals surface area contributed by atoms with E-state index in [1.165, 1.54) is 59.6 Å². The van der Waals surface area contributed by atoms with Crippen molar-refractivity contribution in [3.8, 4) is 0 Å². The summed E-state index contributed by atoms with van der Waals surface area (Å²) in [6.07, 6.45) is 11.4. The molecule has 1 aliphatic carbocycles. The van der Waals surface area contributed by atoms with Crippen molar-refractivity contribution in [1.29, 1.82) is 0 Å². The van der Waals surface area contributed by atoms with E-state index >= 15 is 0 Å². The Hall–Kier alpha value is -4.44. The number of anilines is 7. The zero-order valence-corrected chi connectivity index (χ0v) is 26.9. The van der Waals surface area contributed by atoms with Gasteiger partial charge in [0.15, 0.2) is 0 Å². The van der Waals surface area contributed by atoms with Crippen molar-refractivity contribution in [2.45, 2.75) is 66.2 Å². The summed E-state index contributed by atoms with van der Waals surface area (Å²) in [6.45, 7) is 10.8. The van der Waals surface area contributed by atoms with Crippen LogP contribution in [0.25, 0.3) is 0 Å². The molecule has 0 bridgehead atoms. The van der Waals surface area contributed by atoms with Crippen molar-refractivity contribution in [3.05, 3.63) is 126 Å². The van der Waals surface area contributed by atoms with Crippen LogP contribution in [0.4, 0.5) is 39.8 Å². The first kappa shape index (κ1) is 31.0. The molecule has 5 rings (SSSR count). The van der Waals surface area contributed by atoms with Gasteiger partial charge in [-0.3, -0.25) is 0 Å². The molecule has 0 atom stereocenters. The van der Waals surface area contributed by atoms with Crippen molar-refractivity contribution in [2.24, 2.45) is 0 Å². The molecule has 0 saturated heterocycles. The van der Waals surface area contributed by atoms with E-state index in [1.54, 1.807) is 0 Å². The molecular formula is C40H48N4. The molecule has 0 aliphatic heterocycles. The van der Waals surface area contributed by atoms with Gasteiger partial charge in [0, 0.05) is 58.6 Å². The third kappa shape index (κ3) is 7.93. The lowest BCUT2D eigenvalue weighted by molar-refractivity contribution is 0.834. The predicted molar refractivity (Wildman–Crippen MR) is 192 cm³/mol. The summed E-state index contributed by atoms with van der Waals surface area (Å²) in [4.78, 5) is 4.75. The molecule has 4 heteroatoms. The van der Waals surface area contributed by atoms with E-state index in [-0.39, 0.29) is 0 Å². The van der Waals surface area contributed by atoms with Gasteiger partial charge in [-0.1, -0.05) is 56.0 Å². The van der Waals surface area contributed by atoms with Gasteiger partial charge >= 0.3 is 0 Å². The highest BCUT2D eigenvalue weighted by Crippen LogP contribution is 2.39. The molecule has 0 radical (unpaired) electrons. The molecule has 0 spiro atoms. The zero-order valence-electron chi connectivity index (χ0n) is 26.9. The number of allylic oxidation sites excluding steroid dienone is 4. The molecule has 0 saturated carbocycles. The van der Waals surface area contributed by atoms with Gasteiger partial charge in [-0.2, -0.15) is 0 Å². The molecule has 4 aromatic rings. The van der Waals surface area contributed by atoms with Crippen LogP contribution in [0.3, 0.4) is 0 Å². The topological polar surface area (TPSA) is 30.5 Å². The summed E-state index contributed by atoms with van der Waals surface area (Å²) in [7, 11) is 0. The number of benzene rings is 4. The van der Waals surface area contributed by atoms with Crippen LogP contribution in [0.5, 0.6) is 0 Å². The van der Waals surface area contributed by atoms with Gasteiger partial charge in [-0.15, -0.1) is 0 Å². The van der Waals surface area contributed by atoms with Gasteiger partial charge in [0.2, 0.25) is 0 Å². The second-order valence-corrected chi connectivity index (χ2v) is 11.8. The van der Waals surface area contributed by atoms with Crippen LogP contribution in [0, 0.1) is 6.92 Å². The van der Waals surface area contributed by atoms with E-state index in [4.69, 9.17) is 0 Å². The Morgan fingerprint density at radius 2 is 0.909 bits per heavy atom. The number of rotatable bonds is 14. The lowest BCUT2D eigenvalue weighted by Gasteiger charge is -2.31. The maximum atomic E-state index is 3.56. The fourth-order valence-electron chi connectivity index (χ4n) is 5.56. The molecule has 44 heavy (non-hydrogen) atoms. The number of nitrogens with zero attached hydrogens (tertiary/aromatic N) is 2. The minimum absolute atomic E-state index is 0.999. The maximum Gasteiger partial charge on any atom is 0.0463 e. The molecule has 2 N–H and O–H groups in total. The van der Waals surface area contributed by atoms with Crippen LogP contribution >= 0.6 is 0 Å². The van der Waals surface area contributed by atoms with Gasteiger partial charge in [-0.05, 0) is 131 Å². The van der Waals surface area contributed by atoms with Crippen molar-refractivity contribution >= 4 is 39.8 Å². The van der Waals surface area contributed by atoms with E-state index in [0.717, 1.165) is 48.7 Å². The van der Waals surface area contributed by atoms with Crippen LogP contribution in [-0.4, -0.2) is 13.1 Å². The Kier molecular flexibility index (Phi) is 10.8. The zero-order chi connectivity index (χ0) is 30.7. The minimum Gasteiger partial charge on any atom is -0.385 e. The Balaban J connectivity index is 1.47. The minimum atomic E-state index is 0.999. The Bertz CT molecular complexity index is 1510. The first-order chi connectivity index (χ1) is 21.6. The quantitative estimate of drug-likeness (QED) is 0.144. The molecule has 0 unspecified atom stereocenters. The van der Waals surface area contributed by atoms with E-state index in [9.17, 15) is 0 Å². The van der Waals surface area contributed by atoms with E-state index in [2.05, 4.69) is 157 Å². The molecule has 0 heterocycles. The van der Waals surface area contributed by atoms with Crippen LogP contribution < -0.4 is 20.4 Å². The molecule has 0 amide bonds. The monoisotopic (exact) mass is 584 g/mol. The molecule has 228 valence electrons.